The van der Waals surface area contributed by atoms with Crippen LogP contribution >= 0.6 is 0 Å². The zero-order valence-electron chi connectivity index (χ0n) is 9.49. The first kappa shape index (κ1) is 13.4. The Bertz CT molecular complexity index is 173. The van der Waals surface area contributed by atoms with Gasteiger partial charge in [-0.05, 0) is 13.5 Å². The van der Waals surface area contributed by atoms with Crippen molar-refractivity contribution in [2.45, 2.75) is 26.4 Å². The second kappa shape index (κ2) is 6.79. The van der Waals surface area contributed by atoms with Crippen LogP contribution in [0, 0.1) is 5.92 Å². The van der Waals surface area contributed by atoms with Crippen LogP contribution in [0.4, 0.5) is 0 Å². The number of carbonyl (C=O) groups excluding carboxylic acids is 1. The lowest BCUT2D eigenvalue weighted by Crippen LogP contribution is -2.34. The molecule has 0 aromatic heterocycles. The Hall–Kier alpha value is -0.610. The molecule has 84 valence electrons. The van der Waals surface area contributed by atoms with Gasteiger partial charge in [0.05, 0.1) is 19.1 Å². The van der Waals surface area contributed by atoms with Crippen LogP contribution in [0.3, 0.4) is 0 Å². The fourth-order valence-corrected chi connectivity index (χ4v) is 1.31. The maximum absolute atomic E-state index is 11.1. The highest BCUT2D eigenvalue weighted by molar-refractivity contribution is 5.71. The van der Waals surface area contributed by atoms with Crippen molar-refractivity contribution in [3.05, 3.63) is 0 Å². The molecule has 2 atom stereocenters. The average Bonchev–Trinajstić information content (AvgIpc) is 2.15. The van der Waals surface area contributed by atoms with Crippen molar-refractivity contribution in [2.24, 2.45) is 5.92 Å². The summed E-state index contributed by atoms with van der Waals surface area (Å²) in [6, 6.07) is 0. The first-order chi connectivity index (χ1) is 6.51. The molecule has 0 bridgehead atoms. The summed E-state index contributed by atoms with van der Waals surface area (Å²) in [6.07, 6.45) is 0.418. The molecule has 1 N–H and O–H groups in total. The summed E-state index contributed by atoms with van der Waals surface area (Å²) in [5, 5.41) is 9.38. The molecular weight excluding hydrogens is 182 g/mol. The minimum absolute atomic E-state index is 0.144. The van der Waals surface area contributed by atoms with Crippen LogP contribution in [-0.2, 0) is 9.53 Å². The molecule has 2 unspecified atom stereocenters. The monoisotopic (exact) mass is 203 g/mol. The molecular formula is C10H21NO3. The standard InChI is InChI=1S/C10H21NO3/c1-5-9(12)7-11(3)6-8(2)10(13)14-4/h8-9,12H,5-7H2,1-4H3. The van der Waals surface area contributed by atoms with E-state index in [0.29, 0.717) is 13.1 Å². The summed E-state index contributed by atoms with van der Waals surface area (Å²) in [7, 11) is 3.28. The lowest BCUT2D eigenvalue weighted by atomic mass is 10.1. The van der Waals surface area contributed by atoms with Gasteiger partial charge in [0, 0.05) is 13.1 Å². The smallest absolute Gasteiger partial charge is 0.309 e. The number of likely N-dealkylation sites (N-methyl/N-ethyl adjacent to an activating group) is 1. The van der Waals surface area contributed by atoms with E-state index in [-0.39, 0.29) is 18.0 Å². The Kier molecular flexibility index (Phi) is 6.49. The van der Waals surface area contributed by atoms with Crippen molar-refractivity contribution in [3.8, 4) is 0 Å². The van der Waals surface area contributed by atoms with Gasteiger partial charge in [-0.15, -0.1) is 0 Å². The van der Waals surface area contributed by atoms with Gasteiger partial charge in [0.2, 0.25) is 0 Å². The number of methoxy groups -OCH3 is 1. The van der Waals surface area contributed by atoms with Crippen molar-refractivity contribution in [3.63, 3.8) is 0 Å². The maximum Gasteiger partial charge on any atom is 0.309 e. The Morgan fingerprint density at radius 2 is 2.07 bits per heavy atom. The molecule has 0 aliphatic carbocycles. The van der Waals surface area contributed by atoms with Crippen LogP contribution in [0.1, 0.15) is 20.3 Å². The molecule has 4 heteroatoms. The quantitative estimate of drug-likeness (QED) is 0.639. The molecule has 0 rings (SSSR count). The van der Waals surface area contributed by atoms with Crippen LogP contribution in [0.15, 0.2) is 0 Å². The van der Waals surface area contributed by atoms with E-state index in [1.54, 1.807) is 0 Å². The highest BCUT2D eigenvalue weighted by atomic mass is 16.5. The van der Waals surface area contributed by atoms with Gasteiger partial charge >= 0.3 is 5.97 Å². The molecule has 0 amide bonds. The molecule has 14 heavy (non-hydrogen) atoms. The number of hydrogen-bond donors (Lipinski definition) is 1. The maximum atomic E-state index is 11.1. The molecule has 4 nitrogen and oxygen atoms in total. The molecule has 0 aliphatic rings. The normalized spacial score (nSPS) is 15.3. The number of rotatable bonds is 6. The van der Waals surface area contributed by atoms with Gasteiger partial charge in [-0.3, -0.25) is 4.79 Å². The van der Waals surface area contributed by atoms with Gasteiger partial charge in [0.15, 0.2) is 0 Å². The van der Waals surface area contributed by atoms with E-state index in [2.05, 4.69) is 4.74 Å². The fourth-order valence-electron chi connectivity index (χ4n) is 1.31. The van der Waals surface area contributed by atoms with Gasteiger partial charge in [0.25, 0.3) is 0 Å². The summed E-state index contributed by atoms with van der Waals surface area (Å²) in [5.74, 6) is -0.350. The number of nitrogens with zero attached hydrogens (tertiary/aromatic N) is 1. The largest absolute Gasteiger partial charge is 0.469 e. The van der Waals surface area contributed by atoms with E-state index in [1.165, 1.54) is 7.11 Å². The van der Waals surface area contributed by atoms with Gasteiger partial charge < -0.3 is 14.7 Å². The summed E-state index contributed by atoms with van der Waals surface area (Å²) in [6.45, 7) is 4.96. The molecule has 0 radical (unpaired) electrons. The third-order valence-electron chi connectivity index (χ3n) is 2.18. The van der Waals surface area contributed by atoms with Crippen molar-refractivity contribution in [2.75, 3.05) is 27.2 Å². The number of ether oxygens (including phenoxy) is 1. The molecule has 0 heterocycles. The molecule has 0 spiro atoms. The van der Waals surface area contributed by atoms with Gasteiger partial charge in [-0.2, -0.15) is 0 Å². The molecule has 0 saturated carbocycles. The van der Waals surface area contributed by atoms with Gasteiger partial charge in [0.1, 0.15) is 0 Å². The van der Waals surface area contributed by atoms with Crippen molar-refractivity contribution in [1.29, 1.82) is 0 Å². The van der Waals surface area contributed by atoms with Crippen LogP contribution < -0.4 is 0 Å². The Morgan fingerprint density at radius 3 is 2.50 bits per heavy atom. The summed E-state index contributed by atoms with van der Waals surface area (Å²) in [4.78, 5) is 13.0. The highest BCUT2D eigenvalue weighted by Gasteiger charge is 2.16. The SMILES string of the molecule is CCC(O)CN(C)CC(C)C(=O)OC. The first-order valence-electron chi connectivity index (χ1n) is 4.95. The van der Waals surface area contributed by atoms with Crippen LogP contribution in [-0.4, -0.2) is 49.3 Å². The Balaban J connectivity index is 3.81. The lowest BCUT2D eigenvalue weighted by Gasteiger charge is -2.22. The van der Waals surface area contributed by atoms with Crippen molar-refractivity contribution >= 4 is 5.97 Å². The minimum Gasteiger partial charge on any atom is -0.469 e. The zero-order chi connectivity index (χ0) is 11.1. The van der Waals surface area contributed by atoms with E-state index in [4.69, 9.17) is 0 Å². The van der Waals surface area contributed by atoms with E-state index >= 15 is 0 Å². The second-order valence-electron chi connectivity index (χ2n) is 3.71. The lowest BCUT2D eigenvalue weighted by molar-refractivity contribution is -0.145. The second-order valence-corrected chi connectivity index (χ2v) is 3.71. The van der Waals surface area contributed by atoms with Gasteiger partial charge in [-0.1, -0.05) is 13.8 Å². The van der Waals surface area contributed by atoms with Crippen LogP contribution in [0.5, 0.6) is 0 Å². The topological polar surface area (TPSA) is 49.8 Å². The van der Waals surface area contributed by atoms with Crippen LogP contribution in [0.25, 0.3) is 0 Å². The Labute approximate surface area is 85.9 Å². The Morgan fingerprint density at radius 1 is 1.50 bits per heavy atom. The zero-order valence-corrected chi connectivity index (χ0v) is 9.49. The van der Waals surface area contributed by atoms with E-state index in [0.717, 1.165) is 6.42 Å². The highest BCUT2D eigenvalue weighted by Crippen LogP contribution is 2.02. The third-order valence-corrected chi connectivity index (χ3v) is 2.18. The van der Waals surface area contributed by atoms with Crippen molar-refractivity contribution in [1.82, 2.24) is 4.90 Å². The minimum atomic E-state index is -0.315. The molecule has 0 aromatic carbocycles. The predicted molar refractivity (Wildman–Crippen MR) is 55.0 cm³/mol. The molecule has 0 aromatic rings. The molecule has 0 fully saturated rings. The van der Waals surface area contributed by atoms with E-state index in [1.807, 2.05) is 25.8 Å². The number of carbonyl (C=O) groups is 1. The summed E-state index contributed by atoms with van der Waals surface area (Å²) in [5.41, 5.74) is 0. The number of aliphatic hydroxyl groups excluding tert-OH is 1. The number of hydrogen-bond acceptors (Lipinski definition) is 4. The number of esters is 1. The van der Waals surface area contributed by atoms with Crippen molar-refractivity contribution < 1.29 is 14.6 Å². The molecule has 0 aliphatic heterocycles. The average molecular weight is 203 g/mol. The summed E-state index contributed by atoms with van der Waals surface area (Å²) < 4.78 is 4.62. The van der Waals surface area contributed by atoms with E-state index < -0.39 is 0 Å². The van der Waals surface area contributed by atoms with Crippen LogP contribution in [0.2, 0.25) is 0 Å². The molecule has 0 saturated heterocycles. The summed E-state index contributed by atoms with van der Waals surface area (Å²) >= 11 is 0. The third kappa shape index (κ3) is 5.19. The first-order valence-corrected chi connectivity index (χ1v) is 4.95. The van der Waals surface area contributed by atoms with E-state index in [9.17, 15) is 9.90 Å². The fraction of sp³-hybridized carbons (Fsp3) is 0.900. The predicted octanol–water partition coefficient (Wildman–Crippen LogP) is 0.498. The number of aliphatic hydroxyl groups is 1. The van der Waals surface area contributed by atoms with Gasteiger partial charge in [-0.25, -0.2) is 0 Å².